The normalized spacial score (nSPS) is 10.7. The first-order valence-electron chi connectivity index (χ1n) is 3.73. The lowest BCUT2D eigenvalue weighted by Crippen LogP contribution is -2.44. The van der Waals surface area contributed by atoms with Crippen molar-refractivity contribution < 1.29 is 14.3 Å². The van der Waals surface area contributed by atoms with Gasteiger partial charge in [0.1, 0.15) is 0 Å². The van der Waals surface area contributed by atoms with Gasteiger partial charge in [0.2, 0.25) is 5.91 Å². The molecule has 0 heterocycles. The number of amides is 1. The number of nitrogens with one attached hydrogen (secondary N) is 1. The smallest absolute Gasteiger partial charge is 0.307 e. The molecule has 0 spiro atoms. The lowest BCUT2D eigenvalue weighted by Gasteiger charge is -2.23. The maximum Gasteiger partial charge on any atom is 0.307 e. The van der Waals surface area contributed by atoms with Gasteiger partial charge in [-0.2, -0.15) is 0 Å². The van der Waals surface area contributed by atoms with Crippen LogP contribution in [-0.4, -0.2) is 24.5 Å². The Bertz CT molecular complexity index is 187. The van der Waals surface area contributed by atoms with Crippen molar-refractivity contribution in [3.8, 4) is 0 Å². The van der Waals surface area contributed by atoms with Gasteiger partial charge in [0, 0.05) is 12.5 Å². The average Bonchev–Trinajstić information content (AvgIpc) is 1.83. The van der Waals surface area contributed by atoms with Crippen LogP contribution in [0.1, 0.15) is 27.2 Å². The summed E-state index contributed by atoms with van der Waals surface area (Å²) in [5.41, 5.74) is -0.529. The van der Waals surface area contributed by atoms with E-state index in [1.54, 1.807) is 13.8 Å². The predicted octanol–water partition coefficient (Wildman–Crippen LogP) is 0.464. The molecule has 0 aromatic heterocycles. The molecule has 0 aliphatic heterocycles. The Kier molecular flexibility index (Phi) is 3.73. The molecule has 0 bridgehead atoms. The van der Waals surface area contributed by atoms with Crippen molar-refractivity contribution in [3.63, 3.8) is 0 Å². The molecule has 4 heteroatoms. The second-order valence-corrected chi connectivity index (χ2v) is 3.32. The summed E-state index contributed by atoms with van der Waals surface area (Å²) in [6.45, 7) is 4.95. The highest BCUT2D eigenvalue weighted by Gasteiger charge is 2.22. The first-order valence-corrected chi connectivity index (χ1v) is 3.73. The van der Waals surface area contributed by atoms with Crippen molar-refractivity contribution in [1.29, 1.82) is 0 Å². The van der Waals surface area contributed by atoms with Gasteiger partial charge in [0.25, 0.3) is 0 Å². The Balaban J connectivity index is 4.03. The first-order chi connectivity index (χ1) is 5.37. The van der Waals surface area contributed by atoms with Gasteiger partial charge in [-0.25, -0.2) is 0 Å². The largest absolute Gasteiger partial charge is 0.469 e. The molecule has 70 valence electrons. The number of hydrogen-bond acceptors (Lipinski definition) is 3. The second kappa shape index (κ2) is 4.09. The fraction of sp³-hybridized carbons (Fsp3) is 0.750. The molecule has 0 aromatic rings. The Labute approximate surface area is 72.3 Å². The Hall–Kier alpha value is -1.06. The van der Waals surface area contributed by atoms with Crippen LogP contribution in [0.15, 0.2) is 0 Å². The first kappa shape index (κ1) is 10.9. The van der Waals surface area contributed by atoms with E-state index >= 15 is 0 Å². The van der Waals surface area contributed by atoms with Crippen molar-refractivity contribution in [2.45, 2.75) is 32.7 Å². The molecule has 0 saturated heterocycles. The highest BCUT2D eigenvalue weighted by molar-refractivity contribution is 5.76. The molecule has 0 aliphatic rings. The van der Waals surface area contributed by atoms with E-state index in [1.165, 1.54) is 14.0 Å². The fourth-order valence-electron chi connectivity index (χ4n) is 0.954. The predicted molar refractivity (Wildman–Crippen MR) is 44.5 cm³/mol. The Morgan fingerprint density at radius 3 is 2.25 bits per heavy atom. The zero-order chi connectivity index (χ0) is 9.78. The van der Waals surface area contributed by atoms with Crippen LogP contribution in [0.4, 0.5) is 0 Å². The molecule has 0 radical (unpaired) electrons. The fourth-order valence-corrected chi connectivity index (χ4v) is 0.954. The summed E-state index contributed by atoms with van der Waals surface area (Å²) in [6, 6.07) is 0. The molecule has 0 aliphatic carbocycles. The third kappa shape index (κ3) is 4.71. The number of carbonyl (C=O) groups is 2. The number of methoxy groups -OCH3 is 1. The van der Waals surface area contributed by atoms with Crippen LogP contribution in [0.25, 0.3) is 0 Å². The number of esters is 1. The minimum Gasteiger partial charge on any atom is -0.469 e. The molecule has 4 nitrogen and oxygen atoms in total. The van der Waals surface area contributed by atoms with Crippen LogP contribution >= 0.6 is 0 Å². The molecular weight excluding hydrogens is 158 g/mol. The second-order valence-electron chi connectivity index (χ2n) is 3.32. The summed E-state index contributed by atoms with van der Waals surface area (Å²) in [5.74, 6) is -0.474. The van der Waals surface area contributed by atoms with Crippen molar-refractivity contribution in [1.82, 2.24) is 5.32 Å². The molecule has 0 fully saturated rings. The number of rotatable bonds is 3. The monoisotopic (exact) mass is 173 g/mol. The molecule has 0 unspecified atom stereocenters. The quantitative estimate of drug-likeness (QED) is 0.631. The molecule has 1 amide bonds. The van der Waals surface area contributed by atoms with Crippen LogP contribution in [0.5, 0.6) is 0 Å². The van der Waals surface area contributed by atoms with Gasteiger partial charge in [-0.05, 0) is 13.8 Å². The van der Waals surface area contributed by atoms with Gasteiger partial charge < -0.3 is 10.1 Å². The summed E-state index contributed by atoms with van der Waals surface area (Å²) >= 11 is 0. The lowest BCUT2D eigenvalue weighted by atomic mass is 10.0. The summed E-state index contributed by atoms with van der Waals surface area (Å²) in [4.78, 5) is 21.5. The van der Waals surface area contributed by atoms with Gasteiger partial charge in [-0.15, -0.1) is 0 Å². The third-order valence-corrected chi connectivity index (χ3v) is 1.33. The van der Waals surface area contributed by atoms with E-state index < -0.39 is 5.54 Å². The van der Waals surface area contributed by atoms with E-state index in [9.17, 15) is 9.59 Å². The average molecular weight is 173 g/mol. The SMILES string of the molecule is COC(=O)CC(C)(C)NC(C)=O. The van der Waals surface area contributed by atoms with Crippen LogP contribution in [0, 0.1) is 0 Å². The molecule has 12 heavy (non-hydrogen) atoms. The van der Waals surface area contributed by atoms with Crippen molar-refractivity contribution in [2.24, 2.45) is 0 Å². The summed E-state index contributed by atoms with van der Waals surface area (Å²) in [6.07, 6.45) is 0.184. The zero-order valence-corrected chi connectivity index (χ0v) is 7.93. The number of ether oxygens (including phenoxy) is 1. The van der Waals surface area contributed by atoms with E-state index in [1.807, 2.05) is 0 Å². The summed E-state index contributed by atoms with van der Waals surface area (Å²) in [7, 11) is 1.33. The number of carbonyl (C=O) groups excluding carboxylic acids is 2. The standard InChI is InChI=1S/C8H15NO3/c1-6(10)9-8(2,3)5-7(11)12-4/h5H2,1-4H3,(H,9,10). The summed E-state index contributed by atoms with van der Waals surface area (Å²) in [5, 5.41) is 2.64. The number of hydrogen-bond donors (Lipinski definition) is 1. The highest BCUT2D eigenvalue weighted by Crippen LogP contribution is 2.08. The molecule has 0 rings (SSSR count). The van der Waals surface area contributed by atoms with Crippen molar-refractivity contribution >= 4 is 11.9 Å². The molecule has 0 atom stereocenters. The van der Waals surface area contributed by atoms with Gasteiger partial charge in [0.15, 0.2) is 0 Å². The van der Waals surface area contributed by atoms with Crippen molar-refractivity contribution in [2.75, 3.05) is 7.11 Å². The van der Waals surface area contributed by atoms with Gasteiger partial charge in [-0.1, -0.05) is 0 Å². The minimum absolute atomic E-state index is 0.149. The van der Waals surface area contributed by atoms with E-state index in [4.69, 9.17) is 0 Å². The molecule has 0 aromatic carbocycles. The van der Waals surface area contributed by atoms with Gasteiger partial charge >= 0.3 is 5.97 Å². The van der Waals surface area contributed by atoms with Gasteiger partial charge in [-0.3, -0.25) is 9.59 Å². The van der Waals surface area contributed by atoms with E-state index in [2.05, 4.69) is 10.1 Å². The summed E-state index contributed by atoms with van der Waals surface area (Å²) < 4.78 is 4.48. The Morgan fingerprint density at radius 1 is 1.42 bits per heavy atom. The molecule has 1 N–H and O–H groups in total. The van der Waals surface area contributed by atoms with Crippen LogP contribution in [0.2, 0.25) is 0 Å². The molecular formula is C8H15NO3. The van der Waals surface area contributed by atoms with Crippen LogP contribution in [0.3, 0.4) is 0 Å². The van der Waals surface area contributed by atoms with E-state index in [-0.39, 0.29) is 18.3 Å². The maximum atomic E-state index is 10.8. The Morgan fingerprint density at radius 2 is 1.92 bits per heavy atom. The topological polar surface area (TPSA) is 55.4 Å². The van der Waals surface area contributed by atoms with Crippen molar-refractivity contribution in [3.05, 3.63) is 0 Å². The van der Waals surface area contributed by atoms with Crippen LogP contribution in [-0.2, 0) is 14.3 Å². The third-order valence-electron chi connectivity index (χ3n) is 1.33. The minimum atomic E-state index is -0.529. The van der Waals surface area contributed by atoms with E-state index in [0.717, 1.165) is 0 Å². The van der Waals surface area contributed by atoms with Gasteiger partial charge in [0.05, 0.1) is 13.5 Å². The lowest BCUT2D eigenvalue weighted by molar-refractivity contribution is -0.142. The van der Waals surface area contributed by atoms with Crippen LogP contribution < -0.4 is 5.32 Å². The molecule has 0 saturated carbocycles. The maximum absolute atomic E-state index is 10.8. The van der Waals surface area contributed by atoms with E-state index in [0.29, 0.717) is 0 Å². The zero-order valence-electron chi connectivity index (χ0n) is 7.93. The highest BCUT2D eigenvalue weighted by atomic mass is 16.5.